The Morgan fingerprint density at radius 2 is 1.67 bits per heavy atom. The standard InChI is InChI=1S/C20H25FO3/c1-8-15(5)19(23-10-11-24-20(22)9-2)13-16(6)17(7)18(21)12-14(3)4/h9,12-13H,2-3,5-8,10-11H2,1,4H3/b18-12+,19-13+. The first-order valence-corrected chi connectivity index (χ1v) is 7.46. The number of ether oxygens (including phenoxy) is 2. The molecule has 0 unspecified atom stereocenters. The highest BCUT2D eigenvalue weighted by atomic mass is 19.1. The fourth-order valence-electron chi connectivity index (χ4n) is 1.48. The lowest BCUT2D eigenvalue weighted by Crippen LogP contribution is -2.09. The second-order valence-corrected chi connectivity index (χ2v) is 5.03. The van der Waals surface area contributed by atoms with Crippen LogP contribution in [0.15, 0.2) is 85.0 Å². The minimum atomic E-state index is -0.525. The van der Waals surface area contributed by atoms with Crippen molar-refractivity contribution in [2.24, 2.45) is 0 Å². The molecule has 0 heterocycles. The minimum Gasteiger partial charge on any atom is -0.490 e. The quantitative estimate of drug-likeness (QED) is 0.173. The van der Waals surface area contributed by atoms with Gasteiger partial charge in [-0.1, -0.05) is 45.4 Å². The highest BCUT2D eigenvalue weighted by molar-refractivity contribution is 5.81. The summed E-state index contributed by atoms with van der Waals surface area (Å²) in [5.74, 6) is -0.588. The molecule has 0 aliphatic heterocycles. The van der Waals surface area contributed by atoms with Crippen molar-refractivity contribution in [1.82, 2.24) is 0 Å². The molecular formula is C20H25FO3. The zero-order valence-electron chi connectivity index (χ0n) is 14.5. The zero-order chi connectivity index (χ0) is 18.7. The predicted molar refractivity (Wildman–Crippen MR) is 96.9 cm³/mol. The SMILES string of the molecule is C=CC(=O)OCCO/C(=C/C(=C)C(=C)/C(F)=C\C(=C)C)C(=C)CC. The summed E-state index contributed by atoms with van der Waals surface area (Å²) in [5.41, 5.74) is 1.78. The van der Waals surface area contributed by atoms with Gasteiger partial charge in [-0.15, -0.1) is 0 Å². The second-order valence-electron chi connectivity index (χ2n) is 5.03. The van der Waals surface area contributed by atoms with Crippen molar-refractivity contribution >= 4 is 5.97 Å². The highest BCUT2D eigenvalue weighted by Gasteiger charge is 2.09. The molecule has 0 aromatic heterocycles. The summed E-state index contributed by atoms with van der Waals surface area (Å²) in [6.07, 6.45) is 4.56. The first-order valence-electron chi connectivity index (χ1n) is 7.46. The minimum absolute atomic E-state index is 0.0660. The Hall–Kier alpha value is -2.62. The number of hydrogen-bond acceptors (Lipinski definition) is 3. The van der Waals surface area contributed by atoms with Gasteiger partial charge in [0.1, 0.15) is 24.8 Å². The molecule has 0 N–H and O–H groups in total. The van der Waals surface area contributed by atoms with Gasteiger partial charge >= 0.3 is 5.97 Å². The third kappa shape index (κ3) is 8.13. The molecular weight excluding hydrogens is 307 g/mol. The Morgan fingerprint density at radius 1 is 1.08 bits per heavy atom. The molecule has 4 heteroatoms. The molecule has 0 aliphatic rings. The van der Waals surface area contributed by atoms with E-state index >= 15 is 0 Å². The van der Waals surface area contributed by atoms with E-state index in [1.165, 1.54) is 6.08 Å². The molecule has 0 fully saturated rings. The highest BCUT2D eigenvalue weighted by Crippen LogP contribution is 2.23. The van der Waals surface area contributed by atoms with Gasteiger partial charge in [-0.05, 0) is 36.6 Å². The van der Waals surface area contributed by atoms with E-state index in [9.17, 15) is 9.18 Å². The number of carbonyl (C=O) groups excluding carboxylic acids is 1. The maximum atomic E-state index is 13.9. The van der Waals surface area contributed by atoms with E-state index in [0.717, 1.165) is 6.08 Å². The fraction of sp³-hybridized carbons (Fsp3) is 0.250. The summed E-state index contributed by atoms with van der Waals surface area (Å²) in [4.78, 5) is 11.0. The molecule has 0 aromatic carbocycles. The molecule has 0 saturated heterocycles. The van der Waals surface area contributed by atoms with Crippen LogP contribution >= 0.6 is 0 Å². The van der Waals surface area contributed by atoms with Crippen LogP contribution in [-0.2, 0) is 14.3 Å². The van der Waals surface area contributed by atoms with E-state index in [1.807, 2.05) is 6.92 Å². The number of halogens is 1. The first-order chi connectivity index (χ1) is 11.2. The van der Waals surface area contributed by atoms with Gasteiger partial charge in [0, 0.05) is 11.6 Å². The Balaban J connectivity index is 5.00. The van der Waals surface area contributed by atoms with Crippen molar-refractivity contribution < 1.29 is 18.7 Å². The molecule has 0 atom stereocenters. The summed E-state index contributed by atoms with van der Waals surface area (Å²) in [5, 5.41) is 0. The number of allylic oxidation sites excluding steroid dienone is 7. The van der Waals surface area contributed by atoms with Crippen molar-refractivity contribution in [3.63, 3.8) is 0 Å². The summed E-state index contributed by atoms with van der Waals surface area (Å²) < 4.78 is 24.3. The van der Waals surface area contributed by atoms with Crippen LogP contribution in [0.5, 0.6) is 0 Å². The fourth-order valence-corrected chi connectivity index (χ4v) is 1.48. The van der Waals surface area contributed by atoms with Gasteiger partial charge in [-0.25, -0.2) is 9.18 Å². The molecule has 0 bridgehead atoms. The topological polar surface area (TPSA) is 35.5 Å². The van der Waals surface area contributed by atoms with E-state index < -0.39 is 11.8 Å². The average Bonchev–Trinajstić information content (AvgIpc) is 2.54. The average molecular weight is 332 g/mol. The number of hydrogen-bond donors (Lipinski definition) is 0. The number of rotatable bonds is 11. The van der Waals surface area contributed by atoms with E-state index in [0.29, 0.717) is 28.9 Å². The first kappa shape index (κ1) is 21.4. The molecule has 0 aromatic rings. The van der Waals surface area contributed by atoms with Gasteiger partial charge in [-0.3, -0.25) is 0 Å². The Kier molecular flexibility index (Phi) is 9.80. The smallest absolute Gasteiger partial charge is 0.330 e. The van der Waals surface area contributed by atoms with Gasteiger partial charge in [-0.2, -0.15) is 0 Å². The van der Waals surface area contributed by atoms with Crippen LogP contribution in [0.4, 0.5) is 4.39 Å². The van der Waals surface area contributed by atoms with Crippen LogP contribution in [-0.4, -0.2) is 19.2 Å². The molecule has 0 spiro atoms. The summed E-state index contributed by atoms with van der Waals surface area (Å²) >= 11 is 0. The lowest BCUT2D eigenvalue weighted by atomic mass is 10.0. The summed E-state index contributed by atoms with van der Waals surface area (Å²) in [7, 11) is 0. The monoisotopic (exact) mass is 332 g/mol. The Bertz CT molecular complexity index is 606. The molecule has 24 heavy (non-hydrogen) atoms. The molecule has 0 radical (unpaired) electrons. The van der Waals surface area contributed by atoms with Crippen LogP contribution in [0.3, 0.4) is 0 Å². The third-order valence-electron chi connectivity index (χ3n) is 2.88. The third-order valence-corrected chi connectivity index (χ3v) is 2.88. The second kappa shape index (κ2) is 11.0. The normalized spacial score (nSPS) is 11.5. The molecule has 0 rings (SSSR count). The Labute approximate surface area is 143 Å². The summed E-state index contributed by atoms with van der Waals surface area (Å²) in [6.45, 7) is 22.1. The number of carbonyl (C=O) groups is 1. The van der Waals surface area contributed by atoms with E-state index in [1.54, 1.807) is 13.0 Å². The molecule has 0 saturated carbocycles. The van der Waals surface area contributed by atoms with Crippen molar-refractivity contribution in [2.45, 2.75) is 20.3 Å². The van der Waals surface area contributed by atoms with E-state index in [-0.39, 0.29) is 18.8 Å². The van der Waals surface area contributed by atoms with Crippen molar-refractivity contribution in [2.75, 3.05) is 13.2 Å². The number of esters is 1. The van der Waals surface area contributed by atoms with Crippen LogP contribution in [0.1, 0.15) is 20.3 Å². The van der Waals surface area contributed by atoms with Crippen molar-refractivity contribution in [1.29, 1.82) is 0 Å². The maximum absolute atomic E-state index is 13.9. The maximum Gasteiger partial charge on any atom is 0.330 e. The van der Waals surface area contributed by atoms with Crippen LogP contribution < -0.4 is 0 Å². The van der Waals surface area contributed by atoms with Crippen LogP contribution in [0, 0.1) is 0 Å². The van der Waals surface area contributed by atoms with Gasteiger partial charge in [0.2, 0.25) is 0 Å². The predicted octanol–water partition coefficient (Wildman–Crippen LogP) is 5.12. The van der Waals surface area contributed by atoms with Gasteiger partial charge in [0.15, 0.2) is 0 Å². The molecule has 130 valence electrons. The van der Waals surface area contributed by atoms with Crippen molar-refractivity contribution in [3.05, 3.63) is 85.0 Å². The van der Waals surface area contributed by atoms with E-state index in [4.69, 9.17) is 9.47 Å². The van der Waals surface area contributed by atoms with Gasteiger partial charge in [0.25, 0.3) is 0 Å². The molecule has 3 nitrogen and oxygen atoms in total. The van der Waals surface area contributed by atoms with Crippen molar-refractivity contribution in [3.8, 4) is 0 Å². The van der Waals surface area contributed by atoms with E-state index in [2.05, 4.69) is 32.9 Å². The Morgan fingerprint density at radius 3 is 2.17 bits per heavy atom. The zero-order valence-corrected chi connectivity index (χ0v) is 14.5. The van der Waals surface area contributed by atoms with Crippen LogP contribution in [0.25, 0.3) is 0 Å². The van der Waals surface area contributed by atoms with Gasteiger partial charge < -0.3 is 9.47 Å². The van der Waals surface area contributed by atoms with Crippen LogP contribution in [0.2, 0.25) is 0 Å². The molecule has 0 amide bonds. The lowest BCUT2D eigenvalue weighted by Gasteiger charge is -2.13. The summed E-state index contributed by atoms with van der Waals surface area (Å²) in [6, 6.07) is 0. The van der Waals surface area contributed by atoms with Gasteiger partial charge in [0.05, 0.1) is 0 Å². The lowest BCUT2D eigenvalue weighted by molar-refractivity contribution is -0.138. The molecule has 0 aliphatic carbocycles. The largest absolute Gasteiger partial charge is 0.490 e.